The van der Waals surface area contributed by atoms with Crippen molar-refractivity contribution in [3.8, 4) is 0 Å². The Morgan fingerprint density at radius 3 is 2.88 bits per heavy atom. The number of nitrogens with one attached hydrogen (secondary N) is 1. The standard InChI is InChI=1S/C11H22N2O3/c12-10-3-2-9(8-10)11(15)13-4-1-6-16-7-5-14/h9-10,14H,1-8,12H2,(H,13,15). The van der Waals surface area contributed by atoms with Crippen molar-refractivity contribution < 1.29 is 14.6 Å². The van der Waals surface area contributed by atoms with Crippen LogP contribution in [0.3, 0.4) is 0 Å². The van der Waals surface area contributed by atoms with Crippen LogP contribution in [0.1, 0.15) is 25.7 Å². The first-order valence-corrected chi connectivity index (χ1v) is 5.96. The lowest BCUT2D eigenvalue weighted by molar-refractivity contribution is -0.124. The van der Waals surface area contributed by atoms with Crippen molar-refractivity contribution in [2.75, 3.05) is 26.4 Å². The number of hydrogen-bond acceptors (Lipinski definition) is 4. The molecule has 16 heavy (non-hydrogen) atoms. The quantitative estimate of drug-likeness (QED) is 0.521. The maximum atomic E-state index is 11.6. The van der Waals surface area contributed by atoms with Gasteiger partial charge in [-0.2, -0.15) is 0 Å². The summed E-state index contributed by atoms with van der Waals surface area (Å²) in [4.78, 5) is 11.6. The summed E-state index contributed by atoms with van der Waals surface area (Å²) < 4.78 is 5.09. The molecule has 1 fully saturated rings. The van der Waals surface area contributed by atoms with E-state index in [0.717, 1.165) is 25.7 Å². The van der Waals surface area contributed by atoms with Crippen LogP contribution in [0.2, 0.25) is 0 Å². The van der Waals surface area contributed by atoms with Gasteiger partial charge in [-0.25, -0.2) is 0 Å². The SMILES string of the molecule is NC1CCC(C(=O)NCCCOCCO)C1. The highest BCUT2D eigenvalue weighted by Crippen LogP contribution is 2.23. The summed E-state index contributed by atoms with van der Waals surface area (Å²) in [6.07, 6.45) is 3.46. The highest BCUT2D eigenvalue weighted by Gasteiger charge is 2.27. The Kier molecular flexibility index (Phi) is 6.37. The number of aliphatic hydroxyl groups is 1. The molecule has 1 aliphatic rings. The highest BCUT2D eigenvalue weighted by atomic mass is 16.5. The number of nitrogens with two attached hydrogens (primary N) is 1. The van der Waals surface area contributed by atoms with Gasteiger partial charge in [0.15, 0.2) is 0 Å². The molecule has 94 valence electrons. The molecule has 0 aromatic carbocycles. The molecule has 1 aliphatic carbocycles. The maximum Gasteiger partial charge on any atom is 0.223 e. The normalized spacial score (nSPS) is 24.6. The van der Waals surface area contributed by atoms with E-state index in [1.807, 2.05) is 0 Å². The molecule has 4 N–H and O–H groups in total. The molecule has 5 heteroatoms. The molecular formula is C11H22N2O3. The Balaban J connectivity index is 1.98. The van der Waals surface area contributed by atoms with E-state index < -0.39 is 0 Å². The van der Waals surface area contributed by atoms with Crippen LogP contribution in [0.15, 0.2) is 0 Å². The van der Waals surface area contributed by atoms with Gasteiger partial charge in [0.25, 0.3) is 0 Å². The number of amides is 1. The molecule has 0 saturated heterocycles. The van der Waals surface area contributed by atoms with Crippen LogP contribution in [-0.4, -0.2) is 43.4 Å². The maximum absolute atomic E-state index is 11.6. The number of carbonyl (C=O) groups is 1. The number of ether oxygens (including phenoxy) is 1. The van der Waals surface area contributed by atoms with Gasteiger partial charge in [-0.05, 0) is 25.7 Å². The van der Waals surface area contributed by atoms with Crippen LogP contribution < -0.4 is 11.1 Å². The average molecular weight is 230 g/mol. The predicted octanol–water partition coefficient (Wildman–Crippen LogP) is -0.371. The van der Waals surface area contributed by atoms with Crippen LogP contribution in [0.25, 0.3) is 0 Å². The molecule has 2 unspecified atom stereocenters. The van der Waals surface area contributed by atoms with E-state index in [9.17, 15) is 4.79 Å². The molecule has 5 nitrogen and oxygen atoms in total. The van der Waals surface area contributed by atoms with Gasteiger partial charge in [0.1, 0.15) is 0 Å². The Hall–Kier alpha value is -0.650. The van der Waals surface area contributed by atoms with E-state index in [2.05, 4.69) is 5.32 Å². The molecule has 2 atom stereocenters. The molecular weight excluding hydrogens is 208 g/mol. The molecule has 1 amide bonds. The molecule has 1 saturated carbocycles. The molecule has 0 heterocycles. The van der Waals surface area contributed by atoms with Gasteiger partial charge in [-0.15, -0.1) is 0 Å². The molecule has 0 spiro atoms. The molecule has 0 radical (unpaired) electrons. The second kappa shape index (κ2) is 7.60. The van der Waals surface area contributed by atoms with E-state index in [4.69, 9.17) is 15.6 Å². The zero-order valence-electron chi connectivity index (χ0n) is 9.65. The van der Waals surface area contributed by atoms with Crippen molar-refractivity contribution >= 4 is 5.91 Å². The molecule has 0 aromatic heterocycles. The zero-order valence-corrected chi connectivity index (χ0v) is 9.65. The summed E-state index contributed by atoms with van der Waals surface area (Å²) in [5.74, 6) is 0.225. The van der Waals surface area contributed by atoms with Gasteiger partial charge in [0, 0.05) is 25.1 Å². The second-order valence-electron chi connectivity index (χ2n) is 4.25. The monoisotopic (exact) mass is 230 g/mol. The minimum absolute atomic E-state index is 0.0479. The van der Waals surface area contributed by atoms with E-state index in [1.165, 1.54) is 0 Å². The summed E-state index contributed by atoms with van der Waals surface area (Å²) in [6, 6.07) is 0.198. The fourth-order valence-electron chi connectivity index (χ4n) is 1.95. The lowest BCUT2D eigenvalue weighted by Gasteiger charge is -2.10. The van der Waals surface area contributed by atoms with E-state index in [0.29, 0.717) is 19.8 Å². The smallest absolute Gasteiger partial charge is 0.223 e. The van der Waals surface area contributed by atoms with Crippen molar-refractivity contribution in [3.63, 3.8) is 0 Å². The van der Waals surface area contributed by atoms with Crippen LogP contribution >= 0.6 is 0 Å². The van der Waals surface area contributed by atoms with Crippen molar-refractivity contribution in [1.82, 2.24) is 5.32 Å². The molecule has 0 bridgehead atoms. The van der Waals surface area contributed by atoms with Crippen LogP contribution in [0.4, 0.5) is 0 Å². The van der Waals surface area contributed by atoms with E-state index >= 15 is 0 Å². The first kappa shape index (κ1) is 13.4. The third-order valence-electron chi connectivity index (χ3n) is 2.84. The Morgan fingerprint density at radius 2 is 2.25 bits per heavy atom. The number of rotatable bonds is 7. The topological polar surface area (TPSA) is 84.6 Å². The lowest BCUT2D eigenvalue weighted by atomic mass is 10.1. The summed E-state index contributed by atoms with van der Waals surface area (Å²) in [7, 11) is 0. The number of hydrogen-bond donors (Lipinski definition) is 3. The highest BCUT2D eigenvalue weighted by molar-refractivity contribution is 5.78. The minimum Gasteiger partial charge on any atom is -0.394 e. The fraction of sp³-hybridized carbons (Fsp3) is 0.909. The summed E-state index contributed by atoms with van der Waals surface area (Å²) in [5, 5.41) is 11.4. The summed E-state index contributed by atoms with van der Waals surface area (Å²) in [5.41, 5.74) is 5.75. The third kappa shape index (κ3) is 4.92. The third-order valence-corrected chi connectivity index (χ3v) is 2.84. The first-order chi connectivity index (χ1) is 7.74. The van der Waals surface area contributed by atoms with Crippen molar-refractivity contribution in [2.45, 2.75) is 31.7 Å². The summed E-state index contributed by atoms with van der Waals surface area (Å²) in [6.45, 7) is 1.62. The van der Waals surface area contributed by atoms with Crippen molar-refractivity contribution in [1.29, 1.82) is 0 Å². The second-order valence-corrected chi connectivity index (χ2v) is 4.25. The predicted molar refractivity (Wildman–Crippen MR) is 60.8 cm³/mol. The largest absolute Gasteiger partial charge is 0.394 e. The molecule has 0 aromatic rings. The lowest BCUT2D eigenvalue weighted by Crippen LogP contribution is -2.31. The Labute approximate surface area is 96.3 Å². The zero-order chi connectivity index (χ0) is 11.8. The fourth-order valence-corrected chi connectivity index (χ4v) is 1.95. The average Bonchev–Trinajstić information content (AvgIpc) is 2.70. The van der Waals surface area contributed by atoms with Crippen LogP contribution in [-0.2, 0) is 9.53 Å². The molecule has 1 rings (SSSR count). The van der Waals surface area contributed by atoms with Gasteiger partial charge in [-0.3, -0.25) is 4.79 Å². The number of carbonyl (C=O) groups excluding carboxylic acids is 1. The van der Waals surface area contributed by atoms with E-state index in [-0.39, 0.29) is 24.5 Å². The van der Waals surface area contributed by atoms with Crippen molar-refractivity contribution in [2.24, 2.45) is 11.7 Å². The summed E-state index contributed by atoms with van der Waals surface area (Å²) >= 11 is 0. The van der Waals surface area contributed by atoms with E-state index in [1.54, 1.807) is 0 Å². The minimum atomic E-state index is 0.0479. The van der Waals surface area contributed by atoms with Gasteiger partial charge >= 0.3 is 0 Å². The van der Waals surface area contributed by atoms with Gasteiger partial charge < -0.3 is 20.9 Å². The van der Waals surface area contributed by atoms with Crippen molar-refractivity contribution in [3.05, 3.63) is 0 Å². The Morgan fingerprint density at radius 1 is 1.44 bits per heavy atom. The van der Waals surface area contributed by atoms with Crippen LogP contribution in [0.5, 0.6) is 0 Å². The van der Waals surface area contributed by atoms with Gasteiger partial charge in [0.05, 0.1) is 13.2 Å². The first-order valence-electron chi connectivity index (χ1n) is 5.96. The van der Waals surface area contributed by atoms with Crippen LogP contribution in [0, 0.1) is 5.92 Å². The van der Waals surface area contributed by atoms with Gasteiger partial charge in [-0.1, -0.05) is 0 Å². The Bertz CT molecular complexity index is 211. The molecule has 0 aliphatic heterocycles. The number of aliphatic hydroxyl groups excluding tert-OH is 1. The van der Waals surface area contributed by atoms with Gasteiger partial charge in [0.2, 0.25) is 5.91 Å².